The molecule has 0 aliphatic heterocycles. The summed E-state index contributed by atoms with van der Waals surface area (Å²) in [4.78, 5) is 4.08. The summed E-state index contributed by atoms with van der Waals surface area (Å²) in [6.45, 7) is 1.91. The van der Waals surface area contributed by atoms with Gasteiger partial charge in [0.05, 0.1) is 12.8 Å². The van der Waals surface area contributed by atoms with Crippen LogP contribution in [0.3, 0.4) is 0 Å². The first-order valence-electron chi connectivity index (χ1n) is 5.56. The molecule has 0 aliphatic rings. The van der Waals surface area contributed by atoms with Gasteiger partial charge in [0.15, 0.2) is 11.6 Å². The highest BCUT2D eigenvalue weighted by atomic mass is 19.1. The van der Waals surface area contributed by atoms with Gasteiger partial charge in [0.1, 0.15) is 6.10 Å². The smallest absolute Gasteiger partial charge is 0.165 e. The maximum absolute atomic E-state index is 13.5. The third-order valence-electron chi connectivity index (χ3n) is 2.71. The summed E-state index contributed by atoms with van der Waals surface area (Å²) < 4.78 is 18.4. The zero-order valence-electron chi connectivity index (χ0n) is 10.2. The van der Waals surface area contributed by atoms with E-state index in [1.807, 2.05) is 13.0 Å². The highest BCUT2D eigenvalue weighted by Crippen LogP contribution is 2.25. The summed E-state index contributed by atoms with van der Waals surface area (Å²) in [6.07, 6.45) is 0.679. The average molecular weight is 247 g/mol. The Morgan fingerprint density at radius 3 is 2.67 bits per heavy atom. The third kappa shape index (κ3) is 2.49. The van der Waals surface area contributed by atoms with Crippen molar-refractivity contribution in [2.75, 3.05) is 7.11 Å². The number of aliphatic hydroxyl groups is 1. The molecule has 0 bridgehead atoms. The number of halogens is 1. The Morgan fingerprint density at radius 1 is 1.28 bits per heavy atom. The van der Waals surface area contributed by atoms with Gasteiger partial charge in [-0.3, -0.25) is 4.98 Å². The molecule has 2 rings (SSSR count). The number of nitrogens with zero attached hydrogens (tertiary/aromatic N) is 1. The van der Waals surface area contributed by atoms with Crippen molar-refractivity contribution in [3.8, 4) is 5.75 Å². The molecule has 3 nitrogen and oxygen atoms in total. The number of pyridine rings is 1. The summed E-state index contributed by atoms with van der Waals surface area (Å²) in [6, 6.07) is 7.98. The van der Waals surface area contributed by atoms with Crippen molar-refractivity contribution in [1.82, 2.24) is 4.98 Å². The lowest BCUT2D eigenvalue weighted by Crippen LogP contribution is -2.03. The van der Waals surface area contributed by atoms with Crippen LogP contribution < -0.4 is 4.74 Å². The topological polar surface area (TPSA) is 42.4 Å². The minimum absolute atomic E-state index is 0.156. The van der Waals surface area contributed by atoms with Crippen molar-refractivity contribution >= 4 is 0 Å². The van der Waals surface area contributed by atoms with Crippen LogP contribution in [0.4, 0.5) is 4.39 Å². The lowest BCUT2D eigenvalue weighted by Gasteiger charge is -2.12. The first kappa shape index (κ1) is 12.5. The SMILES string of the molecule is COc1ccc(C(O)c2cc(C)ccn2)cc1F. The Kier molecular flexibility index (Phi) is 3.58. The van der Waals surface area contributed by atoms with E-state index in [1.54, 1.807) is 18.3 Å². The average Bonchev–Trinajstić information content (AvgIpc) is 2.37. The molecule has 1 unspecified atom stereocenters. The Bertz CT molecular complexity index is 557. The number of aromatic nitrogens is 1. The standard InChI is InChI=1S/C14H14FNO2/c1-9-5-6-16-12(7-9)14(17)10-3-4-13(18-2)11(15)8-10/h3-8,14,17H,1-2H3. The minimum atomic E-state index is -0.940. The molecule has 0 spiro atoms. The van der Waals surface area contributed by atoms with Crippen molar-refractivity contribution in [2.24, 2.45) is 0 Å². The van der Waals surface area contributed by atoms with E-state index in [2.05, 4.69) is 4.98 Å². The minimum Gasteiger partial charge on any atom is -0.494 e. The van der Waals surface area contributed by atoms with E-state index in [9.17, 15) is 9.50 Å². The number of aliphatic hydroxyl groups excluding tert-OH is 1. The Labute approximate surface area is 105 Å². The Hall–Kier alpha value is -1.94. The number of hydrogen-bond acceptors (Lipinski definition) is 3. The van der Waals surface area contributed by atoms with Gasteiger partial charge < -0.3 is 9.84 Å². The van der Waals surface area contributed by atoms with Gasteiger partial charge in [-0.05, 0) is 42.3 Å². The molecule has 94 valence electrons. The number of methoxy groups -OCH3 is 1. The Morgan fingerprint density at radius 2 is 2.06 bits per heavy atom. The van der Waals surface area contributed by atoms with Crippen LogP contribution in [0.15, 0.2) is 36.5 Å². The second-order valence-electron chi connectivity index (χ2n) is 4.05. The number of benzene rings is 1. The molecule has 2 aromatic rings. The second kappa shape index (κ2) is 5.14. The monoisotopic (exact) mass is 247 g/mol. The van der Waals surface area contributed by atoms with Crippen LogP contribution in [-0.4, -0.2) is 17.2 Å². The van der Waals surface area contributed by atoms with Gasteiger partial charge in [-0.25, -0.2) is 4.39 Å². The Balaban J connectivity index is 2.34. The molecule has 0 saturated carbocycles. The van der Waals surface area contributed by atoms with E-state index in [4.69, 9.17) is 4.74 Å². The van der Waals surface area contributed by atoms with Crippen molar-refractivity contribution in [3.63, 3.8) is 0 Å². The molecule has 1 N–H and O–H groups in total. The highest BCUT2D eigenvalue weighted by molar-refractivity contribution is 5.34. The number of rotatable bonds is 3. The van der Waals surface area contributed by atoms with Gasteiger partial charge in [0, 0.05) is 6.20 Å². The van der Waals surface area contributed by atoms with Crippen LogP contribution in [0.5, 0.6) is 5.75 Å². The quantitative estimate of drug-likeness (QED) is 0.906. The second-order valence-corrected chi connectivity index (χ2v) is 4.05. The molecule has 0 fully saturated rings. The summed E-state index contributed by atoms with van der Waals surface area (Å²) in [7, 11) is 1.40. The predicted molar refractivity (Wildman–Crippen MR) is 66.0 cm³/mol. The van der Waals surface area contributed by atoms with Crippen LogP contribution in [0.25, 0.3) is 0 Å². The normalized spacial score (nSPS) is 12.2. The first-order chi connectivity index (χ1) is 8.61. The van der Waals surface area contributed by atoms with Crippen molar-refractivity contribution in [2.45, 2.75) is 13.0 Å². The molecule has 0 saturated heterocycles. The summed E-state index contributed by atoms with van der Waals surface area (Å²) >= 11 is 0. The fraction of sp³-hybridized carbons (Fsp3) is 0.214. The maximum Gasteiger partial charge on any atom is 0.165 e. The molecule has 1 heterocycles. The van der Waals surface area contributed by atoms with Gasteiger partial charge in [-0.2, -0.15) is 0 Å². The fourth-order valence-corrected chi connectivity index (χ4v) is 1.73. The third-order valence-corrected chi connectivity index (χ3v) is 2.71. The lowest BCUT2D eigenvalue weighted by atomic mass is 10.0. The van der Waals surface area contributed by atoms with Crippen LogP contribution in [0, 0.1) is 12.7 Å². The van der Waals surface area contributed by atoms with Gasteiger partial charge in [0.2, 0.25) is 0 Å². The van der Waals surface area contributed by atoms with Gasteiger partial charge in [-0.1, -0.05) is 6.07 Å². The lowest BCUT2D eigenvalue weighted by molar-refractivity contribution is 0.214. The number of aryl methyl sites for hydroxylation is 1. The van der Waals surface area contributed by atoms with Crippen LogP contribution >= 0.6 is 0 Å². The zero-order chi connectivity index (χ0) is 13.1. The van der Waals surface area contributed by atoms with Gasteiger partial charge >= 0.3 is 0 Å². The molecular weight excluding hydrogens is 233 g/mol. The number of ether oxygens (including phenoxy) is 1. The molecule has 1 aromatic carbocycles. The predicted octanol–water partition coefficient (Wildman–Crippen LogP) is 2.62. The maximum atomic E-state index is 13.5. The molecule has 0 radical (unpaired) electrons. The molecular formula is C14H14FNO2. The highest BCUT2D eigenvalue weighted by Gasteiger charge is 2.14. The zero-order valence-corrected chi connectivity index (χ0v) is 10.2. The first-order valence-corrected chi connectivity index (χ1v) is 5.56. The van der Waals surface area contributed by atoms with Crippen LogP contribution in [0.2, 0.25) is 0 Å². The molecule has 18 heavy (non-hydrogen) atoms. The van der Waals surface area contributed by atoms with E-state index >= 15 is 0 Å². The van der Waals surface area contributed by atoms with E-state index < -0.39 is 11.9 Å². The van der Waals surface area contributed by atoms with E-state index in [1.165, 1.54) is 19.2 Å². The molecule has 0 aliphatic carbocycles. The summed E-state index contributed by atoms with van der Waals surface area (Å²) in [5, 5.41) is 10.1. The van der Waals surface area contributed by atoms with Crippen molar-refractivity contribution in [1.29, 1.82) is 0 Å². The van der Waals surface area contributed by atoms with Crippen molar-refractivity contribution < 1.29 is 14.2 Å². The fourth-order valence-electron chi connectivity index (χ4n) is 1.73. The van der Waals surface area contributed by atoms with E-state index in [0.717, 1.165) is 5.56 Å². The molecule has 4 heteroatoms. The van der Waals surface area contributed by atoms with Gasteiger partial charge in [0.25, 0.3) is 0 Å². The largest absolute Gasteiger partial charge is 0.494 e. The van der Waals surface area contributed by atoms with Crippen LogP contribution in [-0.2, 0) is 0 Å². The summed E-state index contributed by atoms with van der Waals surface area (Å²) in [5.74, 6) is -0.343. The van der Waals surface area contributed by atoms with E-state index in [-0.39, 0.29) is 5.75 Å². The molecule has 1 aromatic heterocycles. The molecule has 1 atom stereocenters. The van der Waals surface area contributed by atoms with Crippen LogP contribution in [0.1, 0.15) is 22.9 Å². The van der Waals surface area contributed by atoms with Gasteiger partial charge in [-0.15, -0.1) is 0 Å². The summed E-state index contributed by atoms with van der Waals surface area (Å²) in [5.41, 5.74) is 1.94. The molecule has 0 amide bonds. The van der Waals surface area contributed by atoms with E-state index in [0.29, 0.717) is 11.3 Å². The number of hydrogen-bond donors (Lipinski definition) is 1. The van der Waals surface area contributed by atoms with Crippen molar-refractivity contribution in [3.05, 3.63) is 59.2 Å².